The number of hydrogen-bond acceptors (Lipinski definition) is 7. The summed E-state index contributed by atoms with van der Waals surface area (Å²) in [6, 6.07) is 13.7. The summed E-state index contributed by atoms with van der Waals surface area (Å²) in [6.07, 6.45) is 0. The van der Waals surface area contributed by atoms with Gasteiger partial charge in [0.2, 0.25) is 5.82 Å². The van der Waals surface area contributed by atoms with E-state index in [-0.39, 0.29) is 11.6 Å². The highest BCUT2D eigenvalue weighted by molar-refractivity contribution is 9.10. The van der Waals surface area contributed by atoms with Crippen molar-refractivity contribution in [2.75, 3.05) is 5.43 Å². The topological polar surface area (TPSA) is 136 Å². The molecule has 0 saturated carbocycles. The normalized spacial score (nSPS) is 11.7. The predicted molar refractivity (Wildman–Crippen MR) is 106 cm³/mol. The maximum absolute atomic E-state index is 11.8. The maximum atomic E-state index is 11.8. The molecule has 0 aliphatic heterocycles. The fraction of sp³-hybridized carbons (Fsp3) is 0. The van der Waals surface area contributed by atoms with Gasteiger partial charge in [-0.2, -0.15) is 5.10 Å². The Morgan fingerprint density at radius 3 is 2.64 bits per heavy atom. The van der Waals surface area contributed by atoms with E-state index in [1.54, 1.807) is 36.4 Å². The van der Waals surface area contributed by atoms with Gasteiger partial charge in [-0.05, 0) is 42.5 Å². The van der Waals surface area contributed by atoms with E-state index in [4.69, 9.17) is 4.42 Å². The fourth-order valence-corrected chi connectivity index (χ4v) is 2.90. The molecule has 0 atom stereocenters. The number of H-pyrrole nitrogens is 2. The van der Waals surface area contributed by atoms with E-state index in [0.29, 0.717) is 22.1 Å². The monoisotopic (exact) mass is 441 g/mol. The van der Waals surface area contributed by atoms with Crippen molar-refractivity contribution in [3.05, 3.63) is 79.2 Å². The van der Waals surface area contributed by atoms with E-state index in [0.717, 1.165) is 10.0 Å². The molecule has 2 aromatic carbocycles. The van der Waals surface area contributed by atoms with Gasteiger partial charge in [-0.15, -0.1) is 5.10 Å². The van der Waals surface area contributed by atoms with Crippen molar-refractivity contribution in [1.82, 2.24) is 15.2 Å². The van der Waals surface area contributed by atoms with Gasteiger partial charge in [0, 0.05) is 21.5 Å². The molecule has 0 fully saturated rings. The summed E-state index contributed by atoms with van der Waals surface area (Å²) in [5.74, 6) is 0.497. The van der Waals surface area contributed by atoms with Gasteiger partial charge in [0.1, 0.15) is 17.1 Å². The first-order chi connectivity index (χ1) is 13.5. The number of rotatable bonds is 3. The predicted octanol–water partition coefficient (Wildman–Crippen LogP) is 2.27. The van der Waals surface area contributed by atoms with Gasteiger partial charge in [0.05, 0.1) is 5.36 Å². The molecular weight excluding hydrogens is 430 g/mol. The first-order valence-corrected chi connectivity index (χ1v) is 8.80. The van der Waals surface area contributed by atoms with E-state index in [9.17, 15) is 14.7 Å². The van der Waals surface area contributed by atoms with Crippen LogP contribution in [0.1, 0.15) is 0 Å². The Bertz CT molecular complexity index is 1360. The lowest BCUT2D eigenvalue weighted by Gasteiger charge is -2.06. The fourth-order valence-electron chi connectivity index (χ4n) is 2.54. The molecule has 0 spiro atoms. The molecule has 4 aromatic rings. The van der Waals surface area contributed by atoms with Crippen LogP contribution in [0.25, 0.3) is 22.3 Å². The second-order valence-electron chi connectivity index (χ2n) is 5.76. The minimum absolute atomic E-state index is 0.142. The van der Waals surface area contributed by atoms with Crippen molar-refractivity contribution in [3.63, 3.8) is 0 Å². The summed E-state index contributed by atoms with van der Waals surface area (Å²) in [7, 11) is 0. The van der Waals surface area contributed by atoms with Gasteiger partial charge in [-0.1, -0.05) is 15.9 Å². The van der Waals surface area contributed by atoms with Crippen LogP contribution >= 0.6 is 15.9 Å². The van der Waals surface area contributed by atoms with Crippen molar-refractivity contribution in [2.45, 2.75) is 0 Å². The van der Waals surface area contributed by atoms with Crippen LogP contribution < -0.4 is 22.0 Å². The van der Waals surface area contributed by atoms with Crippen molar-refractivity contribution >= 4 is 32.7 Å². The standard InChI is InChI=1S/C18H12BrN5O4/c19-10-3-6-14-12(7-10)13(21-22-16-17(26)20-18(27)24-23-16)8-15(28-14)9-1-4-11(25)5-2-9/h1-8,25H,(H,22,23)(H2,20,24,26,27)/b21-13+. The number of nitrogens with one attached hydrogen (secondary N) is 3. The smallest absolute Gasteiger partial charge is 0.342 e. The van der Waals surface area contributed by atoms with Crippen LogP contribution in [0, 0.1) is 0 Å². The minimum atomic E-state index is -0.710. The molecule has 140 valence electrons. The SMILES string of the molecule is O=c1[nH]nc(N/N=c2\cc(-c3ccc(O)cc3)oc3ccc(Br)cc23)c(=O)[nH]1. The molecule has 10 heteroatoms. The lowest BCUT2D eigenvalue weighted by atomic mass is 10.1. The number of anilines is 1. The van der Waals surface area contributed by atoms with Crippen molar-refractivity contribution in [2.24, 2.45) is 5.10 Å². The summed E-state index contributed by atoms with van der Waals surface area (Å²) in [4.78, 5) is 24.9. The van der Waals surface area contributed by atoms with E-state index in [1.165, 1.54) is 0 Å². The Labute approximate surface area is 164 Å². The van der Waals surface area contributed by atoms with Gasteiger partial charge < -0.3 is 9.52 Å². The number of fused-ring (bicyclic) bond motifs is 1. The van der Waals surface area contributed by atoms with Crippen LogP contribution in [0.4, 0.5) is 5.82 Å². The van der Waals surface area contributed by atoms with E-state index >= 15 is 0 Å². The molecule has 0 bridgehead atoms. The number of aromatic amines is 2. The number of phenols is 1. The van der Waals surface area contributed by atoms with Crippen molar-refractivity contribution < 1.29 is 9.52 Å². The first-order valence-electron chi connectivity index (χ1n) is 8.01. The van der Waals surface area contributed by atoms with Gasteiger partial charge in [-0.3, -0.25) is 15.2 Å². The lowest BCUT2D eigenvalue weighted by Crippen LogP contribution is -2.26. The van der Waals surface area contributed by atoms with Gasteiger partial charge in [-0.25, -0.2) is 9.89 Å². The highest BCUT2D eigenvalue weighted by Crippen LogP contribution is 2.25. The van der Waals surface area contributed by atoms with Crippen LogP contribution in [-0.2, 0) is 0 Å². The molecule has 4 N–H and O–H groups in total. The van der Waals surface area contributed by atoms with Gasteiger partial charge in [0.25, 0.3) is 5.56 Å². The summed E-state index contributed by atoms with van der Waals surface area (Å²) in [5.41, 5.74) is 2.45. The van der Waals surface area contributed by atoms with Gasteiger partial charge in [0.15, 0.2) is 0 Å². The number of halogens is 1. The van der Waals surface area contributed by atoms with Crippen LogP contribution in [0.3, 0.4) is 0 Å². The highest BCUT2D eigenvalue weighted by Gasteiger charge is 2.08. The van der Waals surface area contributed by atoms with E-state index < -0.39 is 11.2 Å². The van der Waals surface area contributed by atoms with Crippen LogP contribution in [0.15, 0.2) is 72.1 Å². The Morgan fingerprint density at radius 1 is 1.11 bits per heavy atom. The maximum Gasteiger partial charge on any atom is 0.342 e. The van der Waals surface area contributed by atoms with Gasteiger partial charge >= 0.3 is 5.69 Å². The summed E-state index contributed by atoms with van der Waals surface area (Å²) >= 11 is 3.42. The summed E-state index contributed by atoms with van der Waals surface area (Å²) in [5, 5.41) is 20.7. The van der Waals surface area contributed by atoms with Crippen molar-refractivity contribution in [3.8, 4) is 17.1 Å². The average Bonchev–Trinajstić information content (AvgIpc) is 2.68. The first kappa shape index (κ1) is 17.7. The Balaban J connectivity index is 1.89. The molecule has 0 radical (unpaired) electrons. The number of nitrogens with zero attached hydrogens (tertiary/aromatic N) is 2. The molecule has 4 rings (SSSR count). The molecule has 0 amide bonds. The second kappa shape index (κ2) is 7.16. The Kier molecular flexibility index (Phi) is 4.53. The largest absolute Gasteiger partial charge is 0.508 e. The molecule has 0 aliphatic carbocycles. The van der Waals surface area contributed by atoms with Crippen LogP contribution in [0.5, 0.6) is 5.75 Å². The third-order valence-electron chi connectivity index (χ3n) is 3.85. The quantitative estimate of drug-likeness (QED) is 0.360. The molecule has 0 unspecified atom stereocenters. The number of aromatic hydroxyl groups is 1. The Morgan fingerprint density at radius 2 is 1.89 bits per heavy atom. The highest BCUT2D eigenvalue weighted by atomic mass is 79.9. The summed E-state index contributed by atoms with van der Waals surface area (Å²) < 4.78 is 6.78. The zero-order valence-electron chi connectivity index (χ0n) is 14.1. The zero-order chi connectivity index (χ0) is 19.7. The molecule has 2 heterocycles. The molecule has 2 aromatic heterocycles. The lowest BCUT2D eigenvalue weighted by molar-refractivity contribution is 0.475. The number of benzene rings is 2. The van der Waals surface area contributed by atoms with E-state index in [2.05, 4.69) is 41.6 Å². The van der Waals surface area contributed by atoms with Crippen LogP contribution in [-0.4, -0.2) is 20.3 Å². The third kappa shape index (κ3) is 3.58. The number of aromatic nitrogens is 3. The molecule has 0 saturated heterocycles. The second-order valence-corrected chi connectivity index (χ2v) is 6.68. The van der Waals surface area contributed by atoms with Crippen LogP contribution in [0.2, 0.25) is 0 Å². The summed E-state index contributed by atoms with van der Waals surface area (Å²) in [6.45, 7) is 0. The number of phenolic OH excluding ortho intramolecular Hbond substituents is 1. The Hall–Kier alpha value is -3.66. The van der Waals surface area contributed by atoms with Crippen molar-refractivity contribution in [1.29, 1.82) is 0 Å². The zero-order valence-corrected chi connectivity index (χ0v) is 15.6. The molecular formula is C18H12BrN5O4. The average molecular weight is 442 g/mol. The third-order valence-corrected chi connectivity index (χ3v) is 4.34. The minimum Gasteiger partial charge on any atom is -0.508 e. The molecule has 28 heavy (non-hydrogen) atoms. The molecule has 9 nitrogen and oxygen atoms in total. The van der Waals surface area contributed by atoms with E-state index in [1.807, 2.05) is 12.1 Å². The number of hydrogen-bond donors (Lipinski definition) is 4. The molecule has 0 aliphatic rings.